The Morgan fingerprint density at radius 3 is 2.50 bits per heavy atom. The second-order valence-electron chi connectivity index (χ2n) is 5.53. The Hall–Kier alpha value is -3.29. The summed E-state index contributed by atoms with van der Waals surface area (Å²) in [5, 5.41) is 11.1. The summed E-state index contributed by atoms with van der Waals surface area (Å²) in [5.41, 5.74) is 2.07. The first kappa shape index (κ1) is 17.5. The van der Waals surface area contributed by atoms with E-state index in [1.807, 2.05) is 6.92 Å². The first-order chi connectivity index (χ1) is 12.5. The minimum Gasteiger partial charge on any atom is -0.346 e. The SMILES string of the molecule is CC(Nc1ncc(-c2cncc(C=C(F)F)c2)nn1)c1ccc(F)cc1. The van der Waals surface area contributed by atoms with E-state index in [1.165, 1.54) is 36.8 Å². The van der Waals surface area contributed by atoms with E-state index in [2.05, 4.69) is 25.5 Å². The average Bonchev–Trinajstić information content (AvgIpc) is 2.62. The molecule has 1 atom stereocenters. The van der Waals surface area contributed by atoms with Crippen LogP contribution in [0, 0.1) is 5.82 Å². The highest BCUT2D eigenvalue weighted by Gasteiger charge is 2.09. The predicted molar refractivity (Wildman–Crippen MR) is 91.7 cm³/mol. The van der Waals surface area contributed by atoms with Crippen LogP contribution in [0.15, 0.2) is 55.0 Å². The van der Waals surface area contributed by atoms with E-state index in [-0.39, 0.29) is 17.4 Å². The van der Waals surface area contributed by atoms with E-state index in [1.54, 1.807) is 12.1 Å². The molecule has 132 valence electrons. The van der Waals surface area contributed by atoms with Crippen molar-refractivity contribution >= 4 is 12.0 Å². The van der Waals surface area contributed by atoms with Gasteiger partial charge in [0.05, 0.1) is 12.2 Å². The van der Waals surface area contributed by atoms with E-state index in [9.17, 15) is 13.2 Å². The molecule has 0 bridgehead atoms. The van der Waals surface area contributed by atoms with Crippen LogP contribution < -0.4 is 5.32 Å². The molecule has 0 radical (unpaired) electrons. The third-order valence-corrected chi connectivity index (χ3v) is 3.61. The highest BCUT2D eigenvalue weighted by atomic mass is 19.3. The fraction of sp³-hybridized carbons (Fsp3) is 0.111. The monoisotopic (exact) mass is 357 g/mol. The van der Waals surface area contributed by atoms with Crippen molar-refractivity contribution in [2.24, 2.45) is 0 Å². The van der Waals surface area contributed by atoms with Gasteiger partial charge in [0.1, 0.15) is 11.5 Å². The van der Waals surface area contributed by atoms with Crippen LogP contribution in [-0.4, -0.2) is 20.2 Å². The lowest BCUT2D eigenvalue weighted by atomic mass is 10.1. The molecule has 1 aromatic carbocycles. The van der Waals surface area contributed by atoms with Crippen LogP contribution in [0.25, 0.3) is 17.3 Å². The van der Waals surface area contributed by atoms with Crippen molar-refractivity contribution in [2.45, 2.75) is 13.0 Å². The number of benzene rings is 1. The van der Waals surface area contributed by atoms with Gasteiger partial charge in [0.15, 0.2) is 0 Å². The van der Waals surface area contributed by atoms with Crippen molar-refractivity contribution in [1.29, 1.82) is 0 Å². The fourth-order valence-corrected chi connectivity index (χ4v) is 2.30. The van der Waals surface area contributed by atoms with Gasteiger partial charge in [-0.15, -0.1) is 10.2 Å². The van der Waals surface area contributed by atoms with Crippen molar-refractivity contribution in [3.8, 4) is 11.3 Å². The molecule has 0 saturated carbocycles. The summed E-state index contributed by atoms with van der Waals surface area (Å²) < 4.78 is 37.7. The molecule has 0 aliphatic rings. The number of rotatable bonds is 5. The van der Waals surface area contributed by atoms with Crippen LogP contribution in [0.1, 0.15) is 24.1 Å². The molecular weight excluding hydrogens is 343 g/mol. The zero-order chi connectivity index (χ0) is 18.5. The van der Waals surface area contributed by atoms with Gasteiger partial charge in [-0.2, -0.15) is 8.78 Å². The molecule has 0 saturated heterocycles. The van der Waals surface area contributed by atoms with E-state index in [0.29, 0.717) is 17.2 Å². The Morgan fingerprint density at radius 1 is 1.08 bits per heavy atom. The molecule has 0 amide bonds. The molecule has 2 aromatic heterocycles. The van der Waals surface area contributed by atoms with Gasteiger partial charge in [-0.25, -0.2) is 9.37 Å². The van der Waals surface area contributed by atoms with Crippen LogP contribution in [0.2, 0.25) is 0 Å². The number of aromatic nitrogens is 4. The van der Waals surface area contributed by atoms with E-state index in [0.717, 1.165) is 11.6 Å². The highest BCUT2D eigenvalue weighted by Crippen LogP contribution is 2.20. The number of nitrogens with one attached hydrogen (secondary N) is 1. The molecule has 1 unspecified atom stereocenters. The van der Waals surface area contributed by atoms with Crippen molar-refractivity contribution in [3.05, 3.63) is 71.9 Å². The van der Waals surface area contributed by atoms with Crippen molar-refractivity contribution in [3.63, 3.8) is 0 Å². The first-order valence-electron chi connectivity index (χ1n) is 7.71. The lowest BCUT2D eigenvalue weighted by molar-refractivity contribution is 0.429. The van der Waals surface area contributed by atoms with Crippen LogP contribution in [0.3, 0.4) is 0 Å². The summed E-state index contributed by atoms with van der Waals surface area (Å²) >= 11 is 0. The predicted octanol–water partition coefficient (Wildman–Crippen LogP) is 4.48. The number of pyridine rings is 1. The number of hydrogen-bond acceptors (Lipinski definition) is 5. The van der Waals surface area contributed by atoms with Gasteiger partial charge >= 0.3 is 0 Å². The zero-order valence-corrected chi connectivity index (χ0v) is 13.7. The maximum absolute atomic E-state index is 13.0. The average molecular weight is 357 g/mol. The Balaban J connectivity index is 1.74. The normalized spacial score (nSPS) is 11.7. The second-order valence-corrected chi connectivity index (χ2v) is 5.53. The summed E-state index contributed by atoms with van der Waals surface area (Å²) in [6.07, 6.45) is 3.21. The lowest BCUT2D eigenvalue weighted by Crippen LogP contribution is -2.10. The van der Waals surface area contributed by atoms with Crippen molar-refractivity contribution in [1.82, 2.24) is 20.2 Å². The molecule has 1 N–H and O–H groups in total. The lowest BCUT2D eigenvalue weighted by Gasteiger charge is -2.13. The van der Waals surface area contributed by atoms with E-state index in [4.69, 9.17) is 0 Å². The molecule has 0 aliphatic carbocycles. The summed E-state index contributed by atoms with van der Waals surface area (Å²) in [6, 6.07) is 7.47. The fourth-order valence-electron chi connectivity index (χ4n) is 2.30. The van der Waals surface area contributed by atoms with Crippen LogP contribution in [0.4, 0.5) is 19.1 Å². The first-order valence-corrected chi connectivity index (χ1v) is 7.71. The second kappa shape index (κ2) is 7.73. The molecule has 0 spiro atoms. The van der Waals surface area contributed by atoms with Crippen molar-refractivity contribution < 1.29 is 13.2 Å². The van der Waals surface area contributed by atoms with Gasteiger partial charge in [-0.05, 0) is 36.2 Å². The quantitative estimate of drug-likeness (QED) is 0.729. The molecule has 3 aromatic rings. The zero-order valence-electron chi connectivity index (χ0n) is 13.7. The molecule has 0 fully saturated rings. The maximum Gasteiger partial charge on any atom is 0.270 e. The molecule has 3 rings (SSSR count). The Kier molecular flexibility index (Phi) is 5.21. The highest BCUT2D eigenvalue weighted by molar-refractivity contribution is 5.62. The Bertz CT molecular complexity index is 907. The smallest absolute Gasteiger partial charge is 0.270 e. The number of halogens is 3. The van der Waals surface area contributed by atoms with Gasteiger partial charge in [0.2, 0.25) is 5.95 Å². The number of anilines is 1. The number of nitrogens with zero attached hydrogens (tertiary/aromatic N) is 4. The molecule has 0 aliphatic heterocycles. The van der Waals surface area contributed by atoms with Gasteiger partial charge in [-0.1, -0.05) is 12.1 Å². The van der Waals surface area contributed by atoms with Crippen LogP contribution in [-0.2, 0) is 0 Å². The third kappa shape index (κ3) is 4.41. The van der Waals surface area contributed by atoms with E-state index < -0.39 is 6.08 Å². The molecule has 26 heavy (non-hydrogen) atoms. The third-order valence-electron chi connectivity index (χ3n) is 3.61. The van der Waals surface area contributed by atoms with Crippen LogP contribution in [0.5, 0.6) is 0 Å². The summed E-state index contributed by atoms with van der Waals surface area (Å²) in [6.45, 7) is 1.88. The molecular formula is C18H14F3N5. The molecule has 8 heteroatoms. The standard InChI is InChI=1S/C18H14F3N5/c1-11(13-2-4-15(19)5-3-13)24-18-23-10-16(25-26-18)14-6-12(7-17(20)21)8-22-9-14/h2-11H,1H3,(H,23,24,26). The van der Waals surface area contributed by atoms with Gasteiger partial charge in [0.25, 0.3) is 6.08 Å². The minimum atomic E-state index is -1.80. The largest absolute Gasteiger partial charge is 0.346 e. The van der Waals surface area contributed by atoms with Gasteiger partial charge < -0.3 is 5.32 Å². The molecule has 5 nitrogen and oxygen atoms in total. The summed E-state index contributed by atoms with van der Waals surface area (Å²) in [7, 11) is 0. The summed E-state index contributed by atoms with van der Waals surface area (Å²) in [4.78, 5) is 8.09. The van der Waals surface area contributed by atoms with E-state index >= 15 is 0 Å². The van der Waals surface area contributed by atoms with Gasteiger partial charge in [-0.3, -0.25) is 4.98 Å². The molecule has 2 heterocycles. The Morgan fingerprint density at radius 2 is 1.85 bits per heavy atom. The summed E-state index contributed by atoms with van der Waals surface area (Å²) in [5.74, 6) is -0.00840. The van der Waals surface area contributed by atoms with Gasteiger partial charge in [0, 0.05) is 24.0 Å². The minimum absolute atomic E-state index is 0.147. The maximum atomic E-state index is 13.0. The van der Waals surface area contributed by atoms with Crippen molar-refractivity contribution in [2.75, 3.05) is 5.32 Å². The van der Waals surface area contributed by atoms with Crippen LogP contribution >= 0.6 is 0 Å². The topological polar surface area (TPSA) is 63.6 Å². The Labute approximate surface area is 147 Å². The number of hydrogen-bond donors (Lipinski definition) is 1.